The van der Waals surface area contributed by atoms with Crippen molar-refractivity contribution in [1.29, 1.82) is 0 Å². The monoisotopic (exact) mass is 424 g/mol. The number of hydrogen-bond donors (Lipinski definition) is 2. The average molecular weight is 425 g/mol. The topological polar surface area (TPSA) is 49.8 Å². The summed E-state index contributed by atoms with van der Waals surface area (Å²) in [6.45, 7) is 1.05. The smallest absolute Gasteiger partial charge is 0.0570 e. The van der Waals surface area contributed by atoms with Gasteiger partial charge >= 0.3 is 0 Å². The summed E-state index contributed by atoms with van der Waals surface area (Å²) in [5.74, 6) is 1.81. The first kappa shape index (κ1) is 19.8. The zero-order valence-electron chi connectivity index (χ0n) is 18.6. The highest BCUT2D eigenvalue weighted by molar-refractivity contribution is 5.59. The molecule has 0 amide bonds. The van der Waals surface area contributed by atoms with Crippen LogP contribution in [0.1, 0.15) is 50.5 Å². The SMILES string of the molecule is c1cncc(NCCC23CC4CC(C2)CC(c2ccc(Nc5cccnc5)cc2)(C4)C3)c1. The molecule has 0 saturated heterocycles. The Hall–Kier alpha value is -2.88. The van der Waals surface area contributed by atoms with Crippen LogP contribution in [-0.2, 0) is 5.41 Å². The van der Waals surface area contributed by atoms with E-state index in [1.807, 2.05) is 36.9 Å². The maximum absolute atomic E-state index is 4.24. The van der Waals surface area contributed by atoms with Crippen LogP contribution in [0.3, 0.4) is 0 Å². The van der Waals surface area contributed by atoms with Crippen molar-refractivity contribution in [3.05, 3.63) is 78.9 Å². The van der Waals surface area contributed by atoms with Crippen molar-refractivity contribution >= 4 is 17.1 Å². The molecule has 2 unspecified atom stereocenters. The van der Waals surface area contributed by atoms with E-state index in [4.69, 9.17) is 0 Å². The van der Waals surface area contributed by atoms with Gasteiger partial charge in [-0.15, -0.1) is 0 Å². The van der Waals surface area contributed by atoms with Crippen molar-refractivity contribution in [2.24, 2.45) is 17.3 Å². The van der Waals surface area contributed by atoms with E-state index in [9.17, 15) is 0 Å². The molecule has 0 aliphatic heterocycles. The third kappa shape index (κ3) is 3.76. The zero-order valence-corrected chi connectivity index (χ0v) is 18.6. The van der Waals surface area contributed by atoms with Gasteiger partial charge in [-0.25, -0.2) is 0 Å². The Kier molecular flexibility index (Phi) is 4.89. The molecule has 3 aromatic rings. The number of nitrogens with one attached hydrogen (secondary N) is 2. The number of nitrogens with zero attached hydrogens (tertiary/aromatic N) is 2. The maximum atomic E-state index is 4.24. The lowest BCUT2D eigenvalue weighted by molar-refractivity contribution is -0.0744. The molecule has 2 aromatic heterocycles. The Morgan fingerprint density at radius 3 is 2.12 bits per heavy atom. The van der Waals surface area contributed by atoms with Crippen LogP contribution in [-0.4, -0.2) is 16.5 Å². The van der Waals surface area contributed by atoms with Gasteiger partial charge in [0.15, 0.2) is 0 Å². The highest BCUT2D eigenvalue weighted by Gasteiger charge is 2.57. The summed E-state index contributed by atoms with van der Waals surface area (Å²) in [4.78, 5) is 8.45. The molecular weight excluding hydrogens is 392 g/mol. The van der Waals surface area contributed by atoms with E-state index in [1.54, 1.807) is 5.56 Å². The van der Waals surface area contributed by atoms with Crippen LogP contribution in [0.15, 0.2) is 73.3 Å². The minimum Gasteiger partial charge on any atom is -0.384 e. The quantitative estimate of drug-likeness (QED) is 0.451. The molecule has 4 aliphatic carbocycles. The van der Waals surface area contributed by atoms with E-state index >= 15 is 0 Å². The molecule has 2 heterocycles. The van der Waals surface area contributed by atoms with Gasteiger partial charge in [0.05, 0.1) is 17.6 Å². The first-order valence-corrected chi connectivity index (χ1v) is 12.1. The second-order valence-electron chi connectivity index (χ2n) is 10.6. The summed E-state index contributed by atoms with van der Waals surface area (Å²) in [5.41, 5.74) is 5.77. The predicted molar refractivity (Wildman–Crippen MR) is 130 cm³/mol. The summed E-state index contributed by atoms with van der Waals surface area (Å²) in [6, 6.07) is 17.5. The summed E-state index contributed by atoms with van der Waals surface area (Å²) < 4.78 is 0. The Morgan fingerprint density at radius 2 is 1.47 bits per heavy atom. The van der Waals surface area contributed by atoms with E-state index < -0.39 is 0 Å². The summed E-state index contributed by atoms with van der Waals surface area (Å²) >= 11 is 0. The molecule has 2 atom stereocenters. The highest BCUT2D eigenvalue weighted by Crippen LogP contribution is 2.66. The number of pyridine rings is 2. The van der Waals surface area contributed by atoms with Gasteiger partial charge in [0.1, 0.15) is 0 Å². The molecule has 2 N–H and O–H groups in total. The molecule has 4 fully saturated rings. The number of aromatic nitrogens is 2. The Bertz CT molecular complexity index is 1030. The fourth-order valence-corrected chi connectivity index (χ4v) is 7.53. The molecule has 4 bridgehead atoms. The van der Waals surface area contributed by atoms with Gasteiger partial charge in [0.2, 0.25) is 0 Å². The second-order valence-corrected chi connectivity index (χ2v) is 10.6. The third-order valence-electron chi connectivity index (χ3n) is 8.28. The molecule has 164 valence electrons. The van der Waals surface area contributed by atoms with Crippen LogP contribution < -0.4 is 10.6 Å². The molecule has 4 aliphatic rings. The van der Waals surface area contributed by atoms with Gasteiger partial charge in [-0.05, 0) is 110 Å². The van der Waals surface area contributed by atoms with Crippen LogP contribution in [0, 0.1) is 17.3 Å². The standard InChI is InChI=1S/C28H32N4/c1-3-25(18-29-10-1)31-12-9-27-14-21-13-22(15-27)17-28(16-21,20-27)23-5-7-24(8-6-23)32-26-4-2-11-30-19-26/h1-8,10-11,18-19,21-22,31-32H,9,12-17,20H2. The zero-order chi connectivity index (χ0) is 21.4. The van der Waals surface area contributed by atoms with Crippen molar-refractivity contribution in [1.82, 2.24) is 9.97 Å². The lowest BCUT2D eigenvalue weighted by Gasteiger charge is -2.62. The number of benzene rings is 1. The van der Waals surface area contributed by atoms with Crippen molar-refractivity contribution in [2.75, 3.05) is 17.2 Å². The largest absolute Gasteiger partial charge is 0.384 e. The number of anilines is 3. The van der Waals surface area contributed by atoms with E-state index in [2.05, 4.69) is 57.0 Å². The first-order valence-electron chi connectivity index (χ1n) is 12.1. The molecule has 4 nitrogen and oxygen atoms in total. The van der Waals surface area contributed by atoms with Gasteiger partial charge in [-0.1, -0.05) is 12.1 Å². The fourth-order valence-electron chi connectivity index (χ4n) is 7.53. The van der Waals surface area contributed by atoms with Crippen molar-refractivity contribution in [3.8, 4) is 0 Å². The van der Waals surface area contributed by atoms with Crippen molar-refractivity contribution in [2.45, 2.75) is 50.4 Å². The van der Waals surface area contributed by atoms with E-state index in [0.717, 1.165) is 35.4 Å². The van der Waals surface area contributed by atoms with E-state index in [0.29, 0.717) is 10.8 Å². The maximum Gasteiger partial charge on any atom is 0.0570 e. The Labute approximate surface area is 190 Å². The van der Waals surface area contributed by atoms with Gasteiger partial charge in [-0.3, -0.25) is 9.97 Å². The third-order valence-corrected chi connectivity index (χ3v) is 8.28. The van der Waals surface area contributed by atoms with Crippen LogP contribution in [0.25, 0.3) is 0 Å². The fraction of sp³-hybridized carbons (Fsp3) is 0.429. The summed E-state index contributed by atoms with van der Waals surface area (Å²) in [7, 11) is 0. The molecular formula is C28H32N4. The summed E-state index contributed by atoms with van der Waals surface area (Å²) in [6.07, 6.45) is 17.2. The van der Waals surface area contributed by atoms with Gasteiger partial charge < -0.3 is 10.6 Å². The highest BCUT2D eigenvalue weighted by atomic mass is 14.9. The second kappa shape index (κ2) is 7.91. The van der Waals surface area contributed by atoms with E-state index in [1.165, 1.54) is 44.9 Å². The molecule has 32 heavy (non-hydrogen) atoms. The number of rotatable bonds is 7. The minimum absolute atomic E-state index is 0.380. The predicted octanol–water partition coefficient (Wildman–Crippen LogP) is 6.56. The van der Waals surface area contributed by atoms with Crippen LogP contribution in [0.2, 0.25) is 0 Å². The Balaban J connectivity index is 1.18. The van der Waals surface area contributed by atoms with Crippen LogP contribution in [0.5, 0.6) is 0 Å². The molecule has 4 heteroatoms. The molecule has 0 radical (unpaired) electrons. The van der Waals surface area contributed by atoms with Crippen LogP contribution in [0.4, 0.5) is 17.1 Å². The molecule has 0 spiro atoms. The van der Waals surface area contributed by atoms with Gasteiger partial charge in [0.25, 0.3) is 0 Å². The summed E-state index contributed by atoms with van der Waals surface area (Å²) in [5, 5.41) is 7.11. The molecule has 1 aromatic carbocycles. The molecule has 7 rings (SSSR count). The lowest BCUT2D eigenvalue weighted by atomic mass is 9.42. The lowest BCUT2D eigenvalue weighted by Crippen LogP contribution is -2.54. The van der Waals surface area contributed by atoms with Gasteiger partial charge in [0, 0.05) is 30.8 Å². The normalized spacial score (nSPS) is 30.2. The molecule has 4 saturated carbocycles. The number of hydrogen-bond acceptors (Lipinski definition) is 4. The average Bonchev–Trinajstić information content (AvgIpc) is 2.80. The Morgan fingerprint density at radius 1 is 0.781 bits per heavy atom. The van der Waals surface area contributed by atoms with Crippen molar-refractivity contribution < 1.29 is 0 Å². The van der Waals surface area contributed by atoms with E-state index in [-0.39, 0.29) is 0 Å². The minimum atomic E-state index is 0.380. The van der Waals surface area contributed by atoms with Gasteiger partial charge in [-0.2, -0.15) is 0 Å². The first-order chi connectivity index (χ1) is 15.7. The van der Waals surface area contributed by atoms with Crippen LogP contribution >= 0.6 is 0 Å². The van der Waals surface area contributed by atoms with Crippen molar-refractivity contribution in [3.63, 3.8) is 0 Å².